The number of hydrogen-bond donors (Lipinski definition) is 0. The van der Waals surface area contributed by atoms with Crippen LogP contribution in [0.25, 0.3) is 0 Å². The molecule has 0 aliphatic rings. The SMILES string of the molecule is COc1ccc(C(=O)Oc2ccccc2C)cc1I. The smallest absolute Gasteiger partial charge is 0.343 e. The van der Waals surface area contributed by atoms with Gasteiger partial charge in [0.1, 0.15) is 11.5 Å². The molecule has 0 aliphatic carbocycles. The van der Waals surface area contributed by atoms with E-state index in [-0.39, 0.29) is 5.97 Å². The van der Waals surface area contributed by atoms with E-state index in [0.717, 1.165) is 14.9 Å². The van der Waals surface area contributed by atoms with Gasteiger partial charge in [-0.15, -0.1) is 0 Å². The van der Waals surface area contributed by atoms with Crippen molar-refractivity contribution in [3.63, 3.8) is 0 Å². The van der Waals surface area contributed by atoms with Gasteiger partial charge in [-0.25, -0.2) is 4.79 Å². The standard InChI is InChI=1S/C15H13IO3/c1-10-5-3-4-6-13(10)19-15(17)11-7-8-14(18-2)12(16)9-11/h3-9H,1-2H3. The van der Waals surface area contributed by atoms with E-state index < -0.39 is 0 Å². The van der Waals surface area contributed by atoms with E-state index in [2.05, 4.69) is 22.6 Å². The summed E-state index contributed by atoms with van der Waals surface area (Å²) < 4.78 is 11.4. The molecule has 2 aromatic carbocycles. The Kier molecular flexibility index (Phi) is 4.42. The zero-order chi connectivity index (χ0) is 13.8. The van der Waals surface area contributed by atoms with Gasteiger partial charge < -0.3 is 9.47 Å². The monoisotopic (exact) mass is 368 g/mol. The predicted octanol–water partition coefficient (Wildman–Crippen LogP) is 3.83. The topological polar surface area (TPSA) is 35.5 Å². The normalized spacial score (nSPS) is 10.1. The summed E-state index contributed by atoms with van der Waals surface area (Å²) in [6, 6.07) is 12.6. The van der Waals surface area contributed by atoms with Gasteiger partial charge in [0.2, 0.25) is 0 Å². The lowest BCUT2D eigenvalue weighted by Gasteiger charge is -2.08. The second-order valence-corrected chi connectivity index (χ2v) is 5.17. The first-order chi connectivity index (χ1) is 9.11. The third kappa shape index (κ3) is 3.26. The van der Waals surface area contributed by atoms with E-state index in [0.29, 0.717) is 11.3 Å². The number of para-hydroxylation sites is 1. The van der Waals surface area contributed by atoms with Crippen molar-refractivity contribution < 1.29 is 14.3 Å². The molecule has 19 heavy (non-hydrogen) atoms. The van der Waals surface area contributed by atoms with Crippen molar-refractivity contribution in [2.45, 2.75) is 6.92 Å². The number of benzene rings is 2. The summed E-state index contributed by atoms with van der Waals surface area (Å²) in [6.07, 6.45) is 0. The molecule has 0 amide bonds. The second-order valence-electron chi connectivity index (χ2n) is 4.00. The number of halogens is 1. The average Bonchev–Trinajstić information content (AvgIpc) is 2.41. The molecule has 0 bridgehead atoms. The highest BCUT2D eigenvalue weighted by atomic mass is 127. The van der Waals surface area contributed by atoms with Crippen molar-refractivity contribution in [2.24, 2.45) is 0 Å². The summed E-state index contributed by atoms with van der Waals surface area (Å²) in [4.78, 5) is 12.1. The fourth-order valence-electron chi connectivity index (χ4n) is 1.62. The summed E-state index contributed by atoms with van der Waals surface area (Å²) in [5, 5.41) is 0. The van der Waals surface area contributed by atoms with Crippen LogP contribution >= 0.6 is 22.6 Å². The number of aryl methyl sites for hydroxylation is 1. The number of ether oxygens (including phenoxy) is 2. The molecule has 0 aromatic heterocycles. The summed E-state index contributed by atoms with van der Waals surface area (Å²) >= 11 is 2.12. The van der Waals surface area contributed by atoms with Crippen molar-refractivity contribution in [3.8, 4) is 11.5 Å². The third-order valence-corrected chi connectivity index (χ3v) is 3.53. The molecule has 2 rings (SSSR count). The molecule has 0 saturated carbocycles. The highest BCUT2D eigenvalue weighted by Gasteiger charge is 2.12. The number of hydrogen-bond acceptors (Lipinski definition) is 3. The maximum atomic E-state index is 12.1. The zero-order valence-corrected chi connectivity index (χ0v) is 12.8. The van der Waals surface area contributed by atoms with Crippen LogP contribution in [0.1, 0.15) is 15.9 Å². The van der Waals surface area contributed by atoms with Gasteiger partial charge in [0, 0.05) is 0 Å². The molecular weight excluding hydrogens is 355 g/mol. The highest BCUT2D eigenvalue weighted by molar-refractivity contribution is 14.1. The summed E-state index contributed by atoms with van der Waals surface area (Å²) in [5.74, 6) is 0.959. The van der Waals surface area contributed by atoms with E-state index in [9.17, 15) is 4.79 Å². The minimum atomic E-state index is -0.366. The van der Waals surface area contributed by atoms with E-state index in [1.54, 1.807) is 31.4 Å². The zero-order valence-electron chi connectivity index (χ0n) is 10.6. The van der Waals surface area contributed by atoms with Crippen molar-refractivity contribution in [3.05, 3.63) is 57.2 Å². The van der Waals surface area contributed by atoms with Crippen molar-refractivity contribution in [2.75, 3.05) is 7.11 Å². The van der Waals surface area contributed by atoms with Gasteiger partial charge in [0.05, 0.1) is 16.2 Å². The van der Waals surface area contributed by atoms with Crippen LogP contribution in [0, 0.1) is 10.5 Å². The average molecular weight is 368 g/mol. The molecule has 0 unspecified atom stereocenters. The molecule has 0 fully saturated rings. The van der Waals surface area contributed by atoms with E-state index >= 15 is 0 Å². The van der Waals surface area contributed by atoms with Crippen LogP contribution in [0.15, 0.2) is 42.5 Å². The van der Waals surface area contributed by atoms with Gasteiger partial charge in [-0.05, 0) is 59.3 Å². The maximum absolute atomic E-state index is 12.1. The van der Waals surface area contributed by atoms with Gasteiger partial charge in [-0.3, -0.25) is 0 Å². The van der Waals surface area contributed by atoms with E-state index in [1.807, 2.05) is 25.1 Å². The van der Waals surface area contributed by atoms with Gasteiger partial charge in [-0.1, -0.05) is 18.2 Å². The van der Waals surface area contributed by atoms with Gasteiger partial charge in [0.25, 0.3) is 0 Å². The Hall–Kier alpha value is -1.56. The lowest BCUT2D eigenvalue weighted by molar-refractivity contribution is 0.0733. The van der Waals surface area contributed by atoms with Crippen LogP contribution in [0.2, 0.25) is 0 Å². The Morgan fingerprint density at radius 1 is 1.11 bits per heavy atom. The van der Waals surface area contributed by atoms with Crippen LogP contribution < -0.4 is 9.47 Å². The Balaban J connectivity index is 2.21. The quantitative estimate of drug-likeness (QED) is 0.469. The fourth-order valence-corrected chi connectivity index (χ4v) is 2.36. The molecule has 4 heteroatoms. The van der Waals surface area contributed by atoms with Crippen molar-refractivity contribution >= 4 is 28.6 Å². The summed E-state index contributed by atoms with van der Waals surface area (Å²) in [7, 11) is 1.60. The first-order valence-corrected chi connectivity index (χ1v) is 6.81. The molecule has 0 aliphatic heterocycles. The van der Waals surface area contributed by atoms with Crippen LogP contribution in [0.5, 0.6) is 11.5 Å². The Bertz CT molecular complexity index is 608. The van der Waals surface area contributed by atoms with Gasteiger partial charge in [0.15, 0.2) is 0 Å². The van der Waals surface area contributed by atoms with Crippen LogP contribution in [0.3, 0.4) is 0 Å². The fraction of sp³-hybridized carbons (Fsp3) is 0.133. The van der Waals surface area contributed by atoms with E-state index in [4.69, 9.17) is 9.47 Å². The Morgan fingerprint density at radius 3 is 2.47 bits per heavy atom. The lowest BCUT2D eigenvalue weighted by Crippen LogP contribution is -2.09. The molecule has 0 spiro atoms. The molecule has 98 valence electrons. The maximum Gasteiger partial charge on any atom is 0.343 e. The number of carbonyl (C=O) groups excluding carboxylic acids is 1. The highest BCUT2D eigenvalue weighted by Crippen LogP contribution is 2.23. The van der Waals surface area contributed by atoms with Crippen LogP contribution in [0.4, 0.5) is 0 Å². The van der Waals surface area contributed by atoms with Gasteiger partial charge >= 0.3 is 5.97 Å². The first kappa shape index (κ1) is 13.9. The summed E-state index contributed by atoms with van der Waals surface area (Å²) in [5.41, 5.74) is 1.44. The molecule has 0 atom stereocenters. The van der Waals surface area contributed by atoms with E-state index in [1.165, 1.54) is 0 Å². The molecule has 0 N–H and O–H groups in total. The lowest BCUT2D eigenvalue weighted by atomic mass is 10.2. The minimum Gasteiger partial charge on any atom is -0.496 e. The van der Waals surface area contributed by atoms with Crippen molar-refractivity contribution in [1.82, 2.24) is 0 Å². The first-order valence-electron chi connectivity index (χ1n) is 5.73. The van der Waals surface area contributed by atoms with Crippen molar-refractivity contribution in [1.29, 1.82) is 0 Å². The minimum absolute atomic E-state index is 0.366. The number of rotatable bonds is 3. The Labute approximate surface area is 125 Å². The molecule has 0 radical (unpaired) electrons. The second kappa shape index (κ2) is 6.06. The molecule has 2 aromatic rings. The number of methoxy groups -OCH3 is 1. The molecule has 0 heterocycles. The molecule has 3 nitrogen and oxygen atoms in total. The molecular formula is C15H13IO3. The van der Waals surface area contributed by atoms with Crippen LogP contribution in [-0.2, 0) is 0 Å². The predicted molar refractivity (Wildman–Crippen MR) is 81.8 cm³/mol. The third-order valence-electron chi connectivity index (χ3n) is 2.68. The number of esters is 1. The largest absolute Gasteiger partial charge is 0.496 e. The Morgan fingerprint density at radius 2 is 1.84 bits per heavy atom. The number of carbonyl (C=O) groups is 1. The van der Waals surface area contributed by atoms with Crippen LogP contribution in [-0.4, -0.2) is 13.1 Å². The molecule has 0 saturated heterocycles. The summed E-state index contributed by atoms with van der Waals surface area (Å²) in [6.45, 7) is 1.90. The van der Waals surface area contributed by atoms with Gasteiger partial charge in [-0.2, -0.15) is 0 Å².